The topological polar surface area (TPSA) is 26.3 Å². The van der Waals surface area contributed by atoms with Gasteiger partial charge in [0.15, 0.2) is 0 Å². The molecule has 0 aliphatic heterocycles. The van der Waals surface area contributed by atoms with Crippen LogP contribution < -0.4 is 0 Å². The summed E-state index contributed by atoms with van der Waals surface area (Å²) >= 11 is 2.20. The first-order chi connectivity index (χ1) is 11.2. The molecule has 0 aliphatic rings. The van der Waals surface area contributed by atoms with Crippen LogP contribution in [0.1, 0.15) is 10.4 Å². The molecule has 0 N–H and O–H groups in total. The van der Waals surface area contributed by atoms with Crippen LogP contribution in [0.25, 0.3) is 32.3 Å². The minimum atomic E-state index is -0.298. The summed E-state index contributed by atoms with van der Waals surface area (Å²) in [4.78, 5) is 12.1. The van der Waals surface area contributed by atoms with Gasteiger partial charge in [0, 0.05) is 3.57 Å². The smallest absolute Gasteiger partial charge is 0.338 e. The maximum absolute atomic E-state index is 12.1. The molecule has 3 heteroatoms. The molecule has 2 nitrogen and oxygen atoms in total. The van der Waals surface area contributed by atoms with Crippen molar-refractivity contribution >= 4 is 60.9 Å². The van der Waals surface area contributed by atoms with Crippen LogP contribution in [0.15, 0.2) is 60.7 Å². The minimum absolute atomic E-state index is 0.298. The van der Waals surface area contributed by atoms with Gasteiger partial charge in [-0.25, -0.2) is 4.79 Å². The molecule has 23 heavy (non-hydrogen) atoms. The normalized spacial score (nSPS) is 11.2. The van der Waals surface area contributed by atoms with Crippen molar-refractivity contribution in [2.24, 2.45) is 0 Å². The van der Waals surface area contributed by atoms with Crippen LogP contribution in [0.5, 0.6) is 0 Å². The maximum Gasteiger partial charge on any atom is 0.338 e. The van der Waals surface area contributed by atoms with E-state index in [9.17, 15) is 4.79 Å². The zero-order valence-corrected chi connectivity index (χ0v) is 14.6. The van der Waals surface area contributed by atoms with Crippen molar-refractivity contribution in [2.75, 3.05) is 7.11 Å². The van der Waals surface area contributed by atoms with E-state index in [2.05, 4.69) is 71.1 Å². The Morgan fingerprint density at radius 3 is 1.70 bits per heavy atom. The van der Waals surface area contributed by atoms with Gasteiger partial charge in [0.05, 0.1) is 12.7 Å². The molecular formula is C20H13IO2. The van der Waals surface area contributed by atoms with Gasteiger partial charge in [0.25, 0.3) is 0 Å². The lowest BCUT2D eigenvalue weighted by Crippen LogP contribution is -2.03. The first-order valence-corrected chi connectivity index (χ1v) is 8.39. The Labute approximate surface area is 147 Å². The number of ether oxygens (including phenoxy) is 1. The van der Waals surface area contributed by atoms with E-state index in [1.165, 1.54) is 23.3 Å². The molecule has 0 bridgehead atoms. The first-order valence-electron chi connectivity index (χ1n) is 7.31. The van der Waals surface area contributed by atoms with Crippen LogP contribution in [-0.2, 0) is 4.74 Å². The predicted molar refractivity (Wildman–Crippen MR) is 103 cm³/mol. The molecule has 4 aromatic carbocycles. The molecule has 0 radical (unpaired) electrons. The van der Waals surface area contributed by atoms with Gasteiger partial charge in [-0.3, -0.25) is 0 Å². The second-order valence-electron chi connectivity index (χ2n) is 5.46. The van der Waals surface area contributed by atoms with Gasteiger partial charge in [-0.1, -0.05) is 48.5 Å². The summed E-state index contributed by atoms with van der Waals surface area (Å²) < 4.78 is 5.83. The number of carbonyl (C=O) groups is 1. The van der Waals surface area contributed by atoms with Gasteiger partial charge in [0.1, 0.15) is 0 Å². The Kier molecular flexibility index (Phi) is 3.45. The SMILES string of the molecule is COC(=O)c1cc2c3ccccc3c3ccccc3c2cc1I. The summed E-state index contributed by atoms with van der Waals surface area (Å²) in [6, 6.07) is 20.8. The molecule has 0 spiro atoms. The molecule has 0 aliphatic carbocycles. The molecule has 0 heterocycles. The van der Waals surface area contributed by atoms with Gasteiger partial charge in [-0.05, 0) is 67.0 Å². The van der Waals surface area contributed by atoms with E-state index < -0.39 is 0 Å². The van der Waals surface area contributed by atoms with Crippen LogP contribution in [0.3, 0.4) is 0 Å². The number of esters is 1. The first kappa shape index (κ1) is 14.5. The van der Waals surface area contributed by atoms with E-state index in [1.54, 1.807) is 0 Å². The number of benzene rings is 4. The van der Waals surface area contributed by atoms with Crippen LogP contribution in [-0.4, -0.2) is 13.1 Å². The third-order valence-corrected chi connectivity index (χ3v) is 5.13. The third kappa shape index (κ3) is 2.18. The fourth-order valence-corrected chi connectivity index (χ4v) is 3.88. The number of carbonyl (C=O) groups excluding carboxylic acids is 1. The lowest BCUT2D eigenvalue weighted by molar-refractivity contribution is 0.0599. The molecule has 0 amide bonds. The Balaban J connectivity index is 2.28. The van der Waals surface area contributed by atoms with Crippen molar-refractivity contribution in [2.45, 2.75) is 0 Å². The fraction of sp³-hybridized carbons (Fsp3) is 0.0500. The largest absolute Gasteiger partial charge is 0.465 e. The van der Waals surface area contributed by atoms with Gasteiger partial charge >= 0.3 is 5.97 Å². The summed E-state index contributed by atoms with van der Waals surface area (Å²) in [5.74, 6) is -0.298. The van der Waals surface area contributed by atoms with E-state index in [0.29, 0.717) is 5.56 Å². The molecular weight excluding hydrogens is 399 g/mol. The van der Waals surface area contributed by atoms with Crippen LogP contribution in [0.2, 0.25) is 0 Å². The van der Waals surface area contributed by atoms with Gasteiger partial charge in [-0.2, -0.15) is 0 Å². The van der Waals surface area contributed by atoms with Gasteiger partial charge in [-0.15, -0.1) is 0 Å². The molecule has 0 atom stereocenters. The lowest BCUT2D eigenvalue weighted by atomic mass is 9.93. The van der Waals surface area contributed by atoms with Crippen LogP contribution in [0.4, 0.5) is 0 Å². The van der Waals surface area contributed by atoms with E-state index in [4.69, 9.17) is 4.74 Å². The van der Waals surface area contributed by atoms with E-state index >= 15 is 0 Å². The summed E-state index contributed by atoms with van der Waals surface area (Å²) in [6.07, 6.45) is 0. The van der Waals surface area contributed by atoms with Gasteiger partial charge < -0.3 is 4.74 Å². The second-order valence-corrected chi connectivity index (χ2v) is 6.62. The van der Waals surface area contributed by atoms with Crippen molar-refractivity contribution in [3.63, 3.8) is 0 Å². The standard InChI is InChI=1S/C20H13IO2/c1-23-20(22)18-10-16-14-8-4-2-6-12(14)13-7-3-5-9-15(13)17(16)11-19(18)21/h2-11H,1H3. The van der Waals surface area contributed by atoms with Crippen LogP contribution in [0, 0.1) is 3.57 Å². The highest BCUT2D eigenvalue weighted by molar-refractivity contribution is 14.1. The summed E-state index contributed by atoms with van der Waals surface area (Å²) in [5.41, 5.74) is 0.612. The minimum Gasteiger partial charge on any atom is -0.465 e. The summed E-state index contributed by atoms with van der Waals surface area (Å²) in [5, 5.41) is 7.04. The molecule has 0 unspecified atom stereocenters. The average molecular weight is 412 g/mol. The molecule has 0 aromatic heterocycles. The van der Waals surface area contributed by atoms with Crippen molar-refractivity contribution in [3.05, 3.63) is 69.8 Å². The molecule has 0 saturated carbocycles. The van der Waals surface area contributed by atoms with Crippen molar-refractivity contribution in [3.8, 4) is 0 Å². The average Bonchev–Trinajstić information content (AvgIpc) is 2.61. The lowest BCUT2D eigenvalue weighted by Gasteiger charge is -2.12. The number of hydrogen-bond acceptors (Lipinski definition) is 2. The molecule has 0 fully saturated rings. The molecule has 4 aromatic rings. The summed E-state index contributed by atoms with van der Waals surface area (Å²) in [7, 11) is 1.42. The zero-order chi connectivity index (χ0) is 16.0. The highest BCUT2D eigenvalue weighted by Gasteiger charge is 2.15. The van der Waals surface area contributed by atoms with E-state index in [0.717, 1.165) is 19.7 Å². The quantitative estimate of drug-likeness (QED) is 0.233. The maximum atomic E-state index is 12.1. The molecule has 4 rings (SSSR count). The van der Waals surface area contributed by atoms with Crippen molar-refractivity contribution in [1.29, 1.82) is 0 Å². The van der Waals surface area contributed by atoms with E-state index in [1.807, 2.05) is 12.1 Å². The zero-order valence-electron chi connectivity index (χ0n) is 12.5. The van der Waals surface area contributed by atoms with E-state index in [-0.39, 0.29) is 5.97 Å². The monoisotopic (exact) mass is 412 g/mol. The second kappa shape index (κ2) is 5.49. The third-order valence-electron chi connectivity index (χ3n) is 4.24. The number of methoxy groups -OCH3 is 1. The number of rotatable bonds is 1. The highest BCUT2D eigenvalue weighted by Crippen LogP contribution is 2.36. The molecule has 0 saturated heterocycles. The fourth-order valence-electron chi connectivity index (χ4n) is 3.19. The summed E-state index contributed by atoms with van der Waals surface area (Å²) in [6.45, 7) is 0. The number of fused-ring (bicyclic) bond motifs is 6. The Bertz CT molecular complexity index is 1080. The Morgan fingerprint density at radius 1 is 0.783 bits per heavy atom. The van der Waals surface area contributed by atoms with Gasteiger partial charge in [0.2, 0.25) is 0 Å². The van der Waals surface area contributed by atoms with Crippen molar-refractivity contribution in [1.82, 2.24) is 0 Å². The Hall–Kier alpha value is -2.14. The molecule has 112 valence electrons. The number of hydrogen-bond donors (Lipinski definition) is 0. The predicted octanol–water partition coefficient (Wildman–Crippen LogP) is 5.54. The van der Waals surface area contributed by atoms with Crippen LogP contribution >= 0.6 is 22.6 Å². The van der Waals surface area contributed by atoms with Crippen molar-refractivity contribution < 1.29 is 9.53 Å². The number of halogens is 1. The Morgan fingerprint density at radius 2 is 1.22 bits per heavy atom. The highest BCUT2D eigenvalue weighted by atomic mass is 127.